The minimum Gasteiger partial charge on any atom is -0.379 e. The molecule has 1 unspecified atom stereocenters. The van der Waals surface area contributed by atoms with Crippen molar-refractivity contribution in [2.45, 2.75) is 32.1 Å². The zero-order valence-electron chi connectivity index (χ0n) is 14.7. The Labute approximate surface area is 145 Å². The number of morpholine rings is 1. The SMILES string of the molecule is O=C(CCc1ccccc1)N1CCCC(CN2CCOCC2)CC1. The Morgan fingerprint density at radius 3 is 2.62 bits per heavy atom. The molecule has 4 heteroatoms. The Bertz CT molecular complexity index is 500. The molecule has 4 nitrogen and oxygen atoms in total. The molecule has 0 bridgehead atoms. The fourth-order valence-electron chi connectivity index (χ4n) is 3.80. The van der Waals surface area contributed by atoms with E-state index in [1.165, 1.54) is 18.5 Å². The van der Waals surface area contributed by atoms with Crippen molar-refractivity contribution in [3.05, 3.63) is 35.9 Å². The summed E-state index contributed by atoms with van der Waals surface area (Å²) in [6.07, 6.45) is 5.03. The molecule has 2 fully saturated rings. The van der Waals surface area contributed by atoms with Crippen LogP contribution in [0.15, 0.2) is 30.3 Å². The van der Waals surface area contributed by atoms with E-state index in [4.69, 9.17) is 4.74 Å². The lowest BCUT2D eigenvalue weighted by Gasteiger charge is -2.30. The standard InChI is InChI=1S/C20H30N2O2/c23-20(9-8-18-5-2-1-3-6-18)22-11-4-7-19(10-12-22)17-21-13-15-24-16-14-21/h1-3,5-6,19H,4,7-17H2. The van der Waals surface area contributed by atoms with E-state index in [1.54, 1.807) is 0 Å². The van der Waals surface area contributed by atoms with Crippen molar-refractivity contribution >= 4 is 5.91 Å². The first-order valence-electron chi connectivity index (χ1n) is 9.43. The molecule has 1 aromatic carbocycles. The quantitative estimate of drug-likeness (QED) is 0.832. The van der Waals surface area contributed by atoms with Gasteiger partial charge in [-0.05, 0) is 37.2 Å². The third-order valence-corrected chi connectivity index (χ3v) is 5.29. The molecule has 3 rings (SSSR count). The Balaban J connectivity index is 1.41. The average molecular weight is 330 g/mol. The molecular formula is C20H30N2O2. The third kappa shape index (κ3) is 5.32. The van der Waals surface area contributed by atoms with Crippen LogP contribution >= 0.6 is 0 Å². The summed E-state index contributed by atoms with van der Waals surface area (Å²) in [5, 5.41) is 0. The maximum Gasteiger partial charge on any atom is 0.222 e. The normalized spacial score (nSPS) is 23.0. The first-order chi connectivity index (χ1) is 11.8. The number of carbonyl (C=O) groups excluding carboxylic acids is 1. The van der Waals surface area contributed by atoms with Crippen molar-refractivity contribution in [3.8, 4) is 0 Å². The summed E-state index contributed by atoms with van der Waals surface area (Å²) < 4.78 is 5.43. The Morgan fingerprint density at radius 2 is 1.83 bits per heavy atom. The van der Waals surface area contributed by atoms with E-state index < -0.39 is 0 Å². The van der Waals surface area contributed by atoms with Crippen LogP contribution in [0.4, 0.5) is 0 Å². The Morgan fingerprint density at radius 1 is 1.04 bits per heavy atom. The highest BCUT2D eigenvalue weighted by Gasteiger charge is 2.22. The fourth-order valence-corrected chi connectivity index (χ4v) is 3.80. The van der Waals surface area contributed by atoms with Crippen LogP contribution in [0.25, 0.3) is 0 Å². The summed E-state index contributed by atoms with van der Waals surface area (Å²) in [6, 6.07) is 10.3. The lowest BCUT2D eigenvalue weighted by Crippen LogP contribution is -2.39. The monoisotopic (exact) mass is 330 g/mol. The van der Waals surface area contributed by atoms with Crippen LogP contribution in [-0.4, -0.2) is 61.6 Å². The molecule has 0 aromatic heterocycles. The first kappa shape index (κ1) is 17.4. The van der Waals surface area contributed by atoms with Crippen LogP contribution in [0.5, 0.6) is 0 Å². The average Bonchev–Trinajstić information content (AvgIpc) is 2.87. The number of hydrogen-bond donors (Lipinski definition) is 0. The van der Waals surface area contributed by atoms with Gasteiger partial charge in [0, 0.05) is 39.1 Å². The predicted molar refractivity (Wildman–Crippen MR) is 95.9 cm³/mol. The Kier molecular flexibility index (Phi) is 6.67. The van der Waals surface area contributed by atoms with Gasteiger partial charge in [-0.25, -0.2) is 0 Å². The van der Waals surface area contributed by atoms with Gasteiger partial charge in [-0.2, -0.15) is 0 Å². The summed E-state index contributed by atoms with van der Waals surface area (Å²) in [5.41, 5.74) is 1.26. The highest BCUT2D eigenvalue weighted by atomic mass is 16.5. The largest absolute Gasteiger partial charge is 0.379 e. The van der Waals surface area contributed by atoms with E-state index in [-0.39, 0.29) is 0 Å². The van der Waals surface area contributed by atoms with E-state index in [0.29, 0.717) is 12.3 Å². The van der Waals surface area contributed by atoms with Crippen molar-refractivity contribution in [1.29, 1.82) is 0 Å². The van der Waals surface area contributed by atoms with Gasteiger partial charge in [0.05, 0.1) is 13.2 Å². The number of ether oxygens (including phenoxy) is 1. The molecule has 2 heterocycles. The Hall–Kier alpha value is -1.39. The molecule has 0 spiro atoms. The number of amides is 1. The van der Waals surface area contributed by atoms with Gasteiger partial charge in [0.1, 0.15) is 0 Å². The molecule has 0 aliphatic carbocycles. The van der Waals surface area contributed by atoms with Crippen molar-refractivity contribution in [2.75, 3.05) is 45.9 Å². The molecule has 1 atom stereocenters. The van der Waals surface area contributed by atoms with Crippen LogP contribution < -0.4 is 0 Å². The van der Waals surface area contributed by atoms with Gasteiger partial charge in [0.15, 0.2) is 0 Å². The second-order valence-electron chi connectivity index (χ2n) is 7.08. The summed E-state index contributed by atoms with van der Waals surface area (Å²) in [5.74, 6) is 1.06. The molecular weight excluding hydrogens is 300 g/mol. The van der Waals surface area contributed by atoms with Gasteiger partial charge in [0.2, 0.25) is 5.91 Å². The summed E-state index contributed by atoms with van der Waals surface area (Å²) in [4.78, 5) is 17.1. The van der Waals surface area contributed by atoms with Crippen molar-refractivity contribution in [3.63, 3.8) is 0 Å². The molecule has 0 saturated carbocycles. The highest BCUT2D eigenvalue weighted by molar-refractivity contribution is 5.76. The molecule has 0 radical (unpaired) electrons. The van der Waals surface area contributed by atoms with Gasteiger partial charge >= 0.3 is 0 Å². The van der Waals surface area contributed by atoms with E-state index >= 15 is 0 Å². The van der Waals surface area contributed by atoms with Gasteiger partial charge < -0.3 is 9.64 Å². The van der Waals surface area contributed by atoms with Crippen molar-refractivity contribution in [1.82, 2.24) is 9.80 Å². The topological polar surface area (TPSA) is 32.8 Å². The molecule has 0 N–H and O–H groups in total. The van der Waals surface area contributed by atoms with E-state index in [9.17, 15) is 4.79 Å². The molecule has 2 aliphatic rings. The number of nitrogens with zero attached hydrogens (tertiary/aromatic N) is 2. The lowest BCUT2D eigenvalue weighted by atomic mass is 10.00. The second kappa shape index (κ2) is 9.19. The van der Waals surface area contributed by atoms with Gasteiger partial charge in [-0.1, -0.05) is 30.3 Å². The second-order valence-corrected chi connectivity index (χ2v) is 7.08. The van der Waals surface area contributed by atoms with Crippen molar-refractivity contribution in [2.24, 2.45) is 5.92 Å². The number of aryl methyl sites for hydroxylation is 1. The van der Waals surface area contributed by atoms with Crippen LogP contribution in [-0.2, 0) is 16.0 Å². The third-order valence-electron chi connectivity index (χ3n) is 5.29. The molecule has 1 amide bonds. The number of rotatable bonds is 5. The molecule has 1 aromatic rings. The van der Waals surface area contributed by atoms with E-state index in [0.717, 1.165) is 64.6 Å². The minimum atomic E-state index is 0.325. The molecule has 132 valence electrons. The molecule has 2 aliphatic heterocycles. The summed E-state index contributed by atoms with van der Waals surface area (Å²) in [6.45, 7) is 6.92. The van der Waals surface area contributed by atoms with Gasteiger partial charge in [-0.3, -0.25) is 9.69 Å². The maximum atomic E-state index is 12.5. The smallest absolute Gasteiger partial charge is 0.222 e. The fraction of sp³-hybridized carbons (Fsp3) is 0.650. The van der Waals surface area contributed by atoms with Crippen molar-refractivity contribution < 1.29 is 9.53 Å². The number of likely N-dealkylation sites (tertiary alicyclic amines) is 1. The van der Waals surface area contributed by atoms with Crippen LogP contribution in [0.2, 0.25) is 0 Å². The zero-order valence-corrected chi connectivity index (χ0v) is 14.7. The van der Waals surface area contributed by atoms with E-state index in [1.807, 2.05) is 18.2 Å². The molecule has 24 heavy (non-hydrogen) atoms. The molecule has 2 saturated heterocycles. The minimum absolute atomic E-state index is 0.325. The van der Waals surface area contributed by atoms with Crippen LogP contribution in [0, 0.1) is 5.92 Å². The number of carbonyl (C=O) groups is 1. The van der Waals surface area contributed by atoms with Crippen LogP contribution in [0.3, 0.4) is 0 Å². The number of benzene rings is 1. The zero-order chi connectivity index (χ0) is 16.6. The van der Waals surface area contributed by atoms with Gasteiger partial charge in [-0.15, -0.1) is 0 Å². The lowest BCUT2D eigenvalue weighted by molar-refractivity contribution is -0.131. The first-order valence-corrected chi connectivity index (χ1v) is 9.43. The van der Waals surface area contributed by atoms with Gasteiger partial charge in [0.25, 0.3) is 0 Å². The summed E-state index contributed by atoms with van der Waals surface area (Å²) in [7, 11) is 0. The number of hydrogen-bond acceptors (Lipinski definition) is 3. The van der Waals surface area contributed by atoms with E-state index in [2.05, 4.69) is 21.9 Å². The van der Waals surface area contributed by atoms with Crippen LogP contribution in [0.1, 0.15) is 31.2 Å². The summed E-state index contributed by atoms with van der Waals surface area (Å²) >= 11 is 0. The highest BCUT2D eigenvalue weighted by Crippen LogP contribution is 2.20. The predicted octanol–water partition coefficient (Wildman–Crippen LogP) is 2.58. The maximum absolute atomic E-state index is 12.5.